The Morgan fingerprint density at radius 1 is 1.27 bits per heavy atom. The molecule has 0 aliphatic heterocycles. The zero-order valence-corrected chi connectivity index (χ0v) is 16.6. The van der Waals surface area contributed by atoms with Crippen molar-refractivity contribution in [2.45, 2.75) is 20.3 Å². The number of H-pyrrole nitrogens is 1. The highest BCUT2D eigenvalue weighted by Gasteiger charge is 2.19. The second-order valence-electron chi connectivity index (χ2n) is 4.67. The van der Waals surface area contributed by atoms with Crippen LogP contribution in [0.3, 0.4) is 0 Å². The molecule has 0 bridgehead atoms. The zero-order valence-electron chi connectivity index (χ0n) is 11.9. The van der Waals surface area contributed by atoms with Crippen molar-refractivity contribution in [1.82, 2.24) is 10.3 Å². The average Bonchev–Trinajstić information content (AvgIpc) is 2.70. The molecule has 0 aliphatic rings. The number of aromatic nitrogens is 1. The van der Waals surface area contributed by atoms with Crippen molar-refractivity contribution < 1.29 is 14.3 Å². The van der Waals surface area contributed by atoms with Gasteiger partial charge in [0.05, 0.1) is 13.5 Å². The minimum atomic E-state index is -0.393. The number of aromatic amines is 1. The van der Waals surface area contributed by atoms with Crippen LogP contribution in [0.2, 0.25) is 0 Å². The molecule has 1 aromatic carbocycles. The highest BCUT2D eigenvalue weighted by atomic mass is 79.9. The first-order chi connectivity index (χ1) is 10.3. The van der Waals surface area contributed by atoms with Crippen LogP contribution in [0.15, 0.2) is 19.6 Å². The maximum Gasteiger partial charge on any atom is 0.308 e. The van der Waals surface area contributed by atoms with Crippen molar-refractivity contribution in [3.8, 4) is 5.75 Å². The number of hydrogen-bond donors (Lipinski definition) is 2. The molecule has 5 nitrogen and oxygen atoms in total. The van der Waals surface area contributed by atoms with Crippen molar-refractivity contribution in [1.29, 1.82) is 0 Å². The second-order valence-corrected chi connectivity index (χ2v) is 7.11. The number of halogens is 3. The monoisotopic (exact) mass is 494 g/mol. The SMILES string of the molecule is CC(=O)NCCc1c(Br)[nH]c2cc(Br)c(OC(C)=O)c(Br)c12. The normalized spacial score (nSPS) is 10.8. The third-order valence-corrected chi connectivity index (χ3v) is 5.00. The smallest absolute Gasteiger partial charge is 0.308 e. The maximum atomic E-state index is 11.3. The van der Waals surface area contributed by atoms with Crippen LogP contribution in [-0.4, -0.2) is 23.4 Å². The van der Waals surface area contributed by atoms with Crippen LogP contribution in [0, 0.1) is 0 Å². The van der Waals surface area contributed by atoms with Gasteiger partial charge in [-0.25, -0.2) is 0 Å². The first kappa shape index (κ1) is 17.5. The summed E-state index contributed by atoms with van der Waals surface area (Å²) < 4.78 is 7.45. The fraction of sp³-hybridized carbons (Fsp3) is 0.286. The molecule has 2 N–H and O–H groups in total. The van der Waals surface area contributed by atoms with Crippen molar-refractivity contribution in [2.75, 3.05) is 6.54 Å². The molecule has 1 heterocycles. The van der Waals surface area contributed by atoms with Gasteiger partial charge < -0.3 is 15.0 Å². The molecule has 8 heteroatoms. The summed E-state index contributed by atoms with van der Waals surface area (Å²) in [5.41, 5.74) is 1.89. The Labute approximate surface area is 152 Å². The largest absolute Gasteiger partial charge is 0.424 e. The number of carbonyl (C=O) groups is 2. The van der Waals surface area contributed by atoms with E-state index in [4.69, 9.17) is 4.74 Å². The molecule has 0 aliphatic carbocycles. The molecule has 0 radical (unpaired) electrons. The fourth-order valence-electron chi connectivity index (χ4n) is 2.13. The fourth-order valence-corrected chi connectivity index (χ4v) is 4.27. The Morgan fingerprint density at radius 2 is 1.95 bits per heavy atom. The Morgan fingerprint density at radius 3 is 2.55 bits per heavy atom. The summed E-state index contributed by atoms with van der Waals surface area (Å²) in [6.45, 7) is 3.36. The second kappa shape index (κ2) is 7.14. The Bertz CT molecular complexity index is 756. The lowest BCUT2D eigenvalue weighted by Crippen LogP contribution is -2.22. The topological polar surface area (TPSA) is 71.2 Å². The molecule has 118 valence electrons. The molecule has 0 spiro atoms. The van der Waals surface area contributed by atoms with Crippen LogP contribution in [0.1, 0.15) is 19.4 Å². The number of fused-ring (bicyclic) bond motifs is 1. The predicted molar refractivity (Wildman–Crippen MR) is 95.1 cm³/mol. The standard InChI is InChI=1S/C14H13Br3N2O3/c1-6(20)18-4-3-8-11-10(19-14(8)17)5-9(15)13(12(11)16)22-7(2)21/h5,19H,3-4H2,1-2H3,(H,18,20). The van der Waals surface area contributed by atoms with Crippen LogP contribution in [0.5, 0.6) is 5.75 Å². The van der Waals surface area contributed by atoms with Gasteiger partial charge in [0, 0.05) is 31.3 Å². The first-order valence-corrected chi connectivity index (χ1v) is 8.80. The molecule has 2 rings (SSSR count). The third kappa shape index (κ3) is 3.72. The third-order valence-electron chi connectivity index (χ3n) is 2.98. The Balaban J connectivity index is 2.50. The van der Waals surface area contributed by atoms with Crippen LogP contribution >= 0.6 is 47.8 Å². The van der Waals surface area contributed by atoms with Crippen LogP contribution < -0.4 is 10.1 Å². The number of rotatable bonds is 4. The van der Waals surface area contributed by atoms with E-state index in [9.17, 15) is 9.59 Å². The Kier molecular flexibility index (Phi) is 5.68. The summed E-state index contributed by atoms with van der Waals surface area (Å²) in [6, 6.07) is 1.85. The van der Waals surface area contributed by atoms with Crippen molar-refractivity contribution in [3.05, 3.63) is 25.2 Å². The van der Waals surface area contributed by atoms with E-state index in [0.717, 1.165) is 21.1 Å². The highest BCUT2D eigenvalue weighted by molar-refractivity contribution is 9.11. The van der Waals surface area contributed by atoms with Gasteiger partial charge in [0.15, 0.2) is 5.75 Å². The van der Waals surface area contributed by atoms with Crippen molar-refractivity contribution in [3.63, 3.8) is 0 Å². The molecule has 22 heavy (non-hydrogen) atoms. The van der Waals surface area contributed by atoms with Gasteiger partial charge >= 0.3 is 5.97 Å². The average molecular weight is 497 g/mol. The number of nitrogens with one attached hydrogen (secondary N) is 2. The van der Waals surface area contributed by atoms with E-state index in [-0.39, 0.29) is 5.91 Å². The highest BCUT2D eigenvalue weighted by Crippen LogP contribution is 2.43. The summed E-state index contributed by atoms with van der Waals surface area (Å²) >= 11 is 10.4. The number of ether oxygens (including phenoxy) is 1. The van der Waals surface area contributed by atoms with Gasteiger partial charge in [-0.2, -0.15) is 0 Å². The van der Waals surface area contributed by atoms with Crippen LogP contribution in [0.25, 0.3) is 10.9 Å². The number of hydrogen-bond acceptors (Lipinski definition) is 3. The molecular formula is C14H13Br3N2O3. The van der Waals surface area contributed by atoms with Gasteiger partial charge in [-0.15, -0.1) is 0 Å². The van der Waals surface area contributed by atoms with E-state index in [0.29, 0.717) is 27.7 Å². The molecule has 0 fully saturated rings. The van der Waals surface area contributed by atoms with E-state index in [1.165, 1.54) is 13.8 Å². The first-order valence-electron chi connectivity index (χ1n) is 6.42. The molecule has 0 unspecified atom stereocenters. The van der Waals surface area contributed by atoms with Gasteiger partial charge in [-0.3, -0.25) is 9.59 Å². The van der Waals surface area contributed by atoms with Crippen LogP contribution in [-0.2, 0) is 16.0 Å². The van der Waals surface area contributed by atoms with Crippen LogP contribution in [0.4, 0.5) is 0 Å². The lowest BCUT2D eigenvalue weighted by atomic mass is 10.1. The van der Waals surface area contributed by atoms with E-state index < -0.39 is 5.97 Å². The maximum absolute atomic E-state index is 11.3. The molecule has 0 atom stereocenters. The van der Waals surface area contributed by atoms with Gasteiger partial charge in [-0.1, -0.05) is 0 Å². The van der Waals surface area contributed by atoms with Crippen molar-refractivity contribution >= 4 is 70.6 Å². The van der Waals surface area contributed by atoms with Crippen molar-refractivity contribution in [2.24, 2.45) is 0 Å². The lowest BCUT2D eigenvalue weighted by Gasteiger charge is -2.09. The van der Waals surface area contributed by atoms with E-state index in [1.807, 2.05) is 6.07 Å². The number of benzene rings is 1. The summed E-state index contributed by atoms with van der Waals surface area (Å²) in [5.74, 6) is -0.0270. The molecule has 1 aromatic heterocycles. The van der Waals surface area contributed by atoms with Gasteiger partial charge in [0.2, 0.25) is 5.91 Å². The van der Waals surface area contributed by atoms with E-state index >= 15 is 0 Å². The molecular weight excluding hydrogens is 484 g/mol. The predicted octanol–water partition coefficient (Wildman–Crippen LogP) is 4.06. The van der Waals surface area contributed by atoms with E-state index in [1.54, 1.807) is 0 Å². The Hall–Kier alpha value is -0.860. The molecule has 0 saturated carbocycles. The summed E-state index contributed by atoms with van der Waals surface area (Å²) in [4.78, 5) is 25.5. The van der Waals surface area contributed by atoms with E-state index in [2.05, 4.69) is 58.1 Å². The summed E-state index contributed by atoms with van der Waals surface area (Å²) in [5, 5.41) is 3.68. The minimum absolute atomic E-state index is 0.0709. The number of carbonyl (C=O) groups excluding carboxylic acids is 2. The number of esters is 1. The molecule has 2 aromatic rings. The van der Waals surface area contributed by atoms with Gasteiger partial charge in [-0.05, 0) is 65.8 Å². The number of amides is 1. The van der Waals surface area contributed by atoms with Gasteiger partial charge in [0.25, 0.3) is 0 Å². The summed E-state index contributed by atoms with van der Waals surface area (Å²) in [6.07, 6.45) is 0.639. The zero-order chi connectivity index (χ0) is 16.4. The summed E-state index contributed by atoms with van der Waals surface area (Å²) in [7, 11) is 0. The quantitative estimate of drug-likeness (QED) is 0.495. The van der Waals surface area contributed by atoms with Gasteiger partial charge in [0.1, 0.15) is 0 Å². The molecule has 1 amide bonds. The lowest BCUT2D eigenvalue weighted by molar-refractivity contribution is -0.132. The minimum Gasteiger partial charge on any atom is -0.424 e. The molecule has 0 saturated heterocycles.